The second-order valence-electron chi connectivity index (χ2n) is 7.82. The fourth-order valence-electron chi connectivity index (χ4n) is 4.21. The van der Waals surface area contributed by atoms with E-state index in [-0.39, 0.29) is 11.7 Å². The van der Waals surface area contributed by atoms with E-state index in [2.05, 4.69) is 37.3 Å². The number of benzene rings is 3. The third-order valence-electron chi connectivity index (χ3n) is 5.73. The summed E-state index contributed by atoms with van der Waals surface area (Å²) in [6.07, 6.45) is 4.62. The fraction of sp³-hybridized carbons (Fsp3) is 0.185. The molecule has 0 spiro atoms. The van der Waals surface area contributed by atoms with E-state index in [1.165, 1.54) is 5.56 Å². The topological polar surface area (TPSA) is 40.9 Å². The van der Waals surface area contributed by atoms with Crippen LogP contribution >= 0.6 is 11.6 Å². The molecule has 1 aliphatic carbocycles. The summed E-state index contributed by atoms with van der Waals surface area (Å²) >= 11 is 5.98. The highest BCUT2D eigenvalue weighted by Crippen LogP contribution is 2.37. The predicted molar refractivity (Wildman–Crippen MR) is 122 cm³/mol. The summed E-state index contributed by atoms with van der Waals surface area (Å²) in [6.45, 7) is 2.10. The molecule has 0 fully saturated rings. The Balaban J connectivity index is 1.65. The maximum atomic E-state index is 13.1. The summed E-state index contributed by atoms with van der Waals surface area (Å²) in [5, 5.41) is 9.81. The van der Waals surface area contributed by atoms with Crippen LogP contribution in [0, 0.1) is 17.2 Å². The highest BCUT2D eigenvalue weighted by molar-refractivity contribution is 6.30. The highest BCUT2D eigenvalue weighted by Gasteiger charge is 2.24. The van der Waals surface area contributed by atoms with Gasteiger partial charge in [0, 0.05) is 17.0 Å². The van der Waals surface area contributed by atoms with Crippen molar-refractivity contribution in [3.63, 3.8) is 0 Å². The van der Waals surface area contributed by atoms with Crippen LogP contribution in [0.5, 0.6) is 0 Å². The van der Waals surface area contributed by atoms with E-state index in [0.717, 1.165) is 45.7 Å². The number of nitrogens with zero attached hydrogens (tertiary/aromatic N) is 1. The van der Waals surface area contributed by atoms with Gasteiger partial charge in [0.25, 0.3) is 0 Å². The van der Waals surface area contributed by atoms with Gasteiger partial charge >= 0.3 is 0 Å². The zero-order valence-corrected chi connectivity index (χ0v) is 17.6. The SMILES string of the molecule is CC1=CC(CCc2ccc(Cl)cc2)CC(=O)c2cccc(-c3ccc(C#N)cc3)c21. The van der Waals surface area contributed by atoms with Crippen LogP contribution in [-0.2, 0) is 6.42 Å². The minimum atomic E-state index is 0.190. The number of allylic oxidation sites excluding steroid dienone is 2. The number of aryl methyl sites for hydroxylation is 1. The number of carbonyl (C=O) groups excluding carboxylic acids is 1. The summed E-state index contributed by atoms with van der Waals surface area (Å²) in [4.78, 5) is 13.1. The number of nitriles is 1. The molecule has 0 aromatic heterocycles. The Hall–Kier alpha value is -3.15. The van der Waals surface area contributed by atoms with Crippen molar-refractivity contribution in [1.29, 1.82) is 5.26 Å². The molecule has 0 bridgehead atoms. The number of Topliss-reactive ketones (excluding diaryl/α,β-unsaturated/α-hetero) is 1. The summed E-state index contributed by atoms with van der Waals surface area (Å²) < 4.78 is 0. The Labute approximate surface area is 182 Å². The van der Waals surface area contributed by atoms with E-state index < -0.39 is 0 Å². The lowest BCUT2D eigenvalue weighted by atomic mass is 9.90. The largest absolute Gasteiger partial charge is 0.294 e. The smallest absolute Gasteiger partial charge is 0.164 e. The Morgan fingerprint density at radius 1 is 1.00 bits per heavy atom. The highest BCUT2D eigenvalue weighted by atomic mass is 35.5. The number of rotatable bonds is 4. The van der Waals surface area contributed by atoms with E-state index in [1.54, 1.807) is 0 Å². The first-order valence-electron chi connectivity index (χ1n) is 10.1. The molecule has 0 saturated carbocycles. The summed E-state index contributed by atoms with van der Waals surface area (Å²) in [7, 11) is 0. The third kappa shape index (κ3) is 4.22. The summed E-state index contributed by atoms with van der Waals surface area (Å²) in [5.41, 5.74) is 6.87. The first kappa shape index (κ1) is 20.1. The van der Waals surface area contributed by atoms with Crippen molar-refractivity contribution < 1.29 is 4.79 Å². The van der Waals surface area contributed by atoms with Crippen molar-refractivity contribution in [3.05, 3.63) is 100 Å². The van der Waals surface area contributed by atoms with Crippen molar-refractivity contribution in [1.82, 2.24) is 0 Å². The minimum absolute atomic E-state index is 0.190. The molecule has 0 heterocycles. The molecule has 3 aromatic carbocycles. The van der Waals surface area contributed by atoms with Crippen LogP contribution in [0.2, 0.25) is 5.02 Å². The van der Waals surface area contributed by atoms with Crippen molar-refractivity contribution in [2.24, 2.45) is 5.92 Å². The van der Waals surface area contributed by atoms with Crippen LogP contribution in [0.25, 0.3) is 16.7 Å². The van der Waals surface area contributed by atoms with E-state index in [1.807, 2.05) is 48.5 Å². The number of hydrogen-bond donors (Lipinski definition) is 0. The Morgan fingerprint density at radius 3 is 2.40 bits per heavy atom. The fourth-order valence-corrected chi connectivity index (χ4v) is 4.33. The molecule has 2 nitrogen and oxygen atoms in total. The van der Waals surface area contributed by atoms with Gasteiger partial charge in [0.2, 0.25) is 0 Å². The normalized spacial score (nSPS) is 15.7. The first-order chi connectivity index (χ1) is 14.5. The van der Waals surface area contributed by atoms with Crippen LogP contribution in [-0.4, -0.2) is 5.78 Å². The van der Waals surface area contributed by atoms with Crippen molar-refractivity contribution >= 4 is 23.0 Å². The Morgan fingerprint density at radius 2 is 1.70 bits per heavy atom. The van der Waals surface area contributed by atoms with Crippen LogP contribution in [0.1, 0.15) is 46.8 Å². The lowest BCUT2D eigenvalue weighted by Crippen LogP contribution is -2.07. The molecule has 1 aliphatic rings. The van der Waals surface area contributed by atoms with E-state index in [9.17, 15) is 4.79 Å². The molecular formula is C27H22ClNO. The summed E-state index contributed by atoms with van der Waals surface area (Å²) in [5.74, 6) is 0.393. The molecule has 0 saturated heterocycles. The number of hydrogen-bond acceptors (Lipinski definition) is 2. The minimum Gasteiger partial charge on any atom is -0.294 e. The van der Waals surface area contributed by atoms with Crippen LogP contribution in [0.4, 0.5) is 0 Å². The lowest BCUT2D eigenvalue weighted by molar-refractivity contribution is 0.0968. The molecular weight excluding hydrogens is 390 g/mol. The lowest BCUT2D eigenvalue weighted by Gasteiger charge is -2.13. The van der Waals surface area contributed by atoms with Gasteiger partial charge in [-0.1, -0.05) is 60.1 Å². The first-order valence-corrected chi connectivity index (χ1v) is 10.5. The monoisotopic (exact) mass is 411 g/mol. The van der Waals surface area contributed by atoms with Gasteiger partial charge < -0.3 is 0 Å². The molecule has 1 unspecified atom stereocenters. The molecule has 148 valence electrons. The molecule has 3 heteroatoms. The van der Waals surface area contributed by atoms with Crippen LogP contribution in [0.3, 0.4) is 0 Å². The molecule has 0 amide bonds. The van der Waals surface area contributed by atoms with E-state index >= 15 is 0 Å². The average Bonchev–Trinajstić information content (AvgIpc) is 2.89. The van der Waals surface area contributed by atoms with E-state index in [4.69, 9.17) is 16.9 Å². The van der Waals surface area contributed by atoms with Gasteiger partial charge in [-0.2, -0.15) is 5.26 Å². The zero-order chi connectivity index (χ0) is 21.1. The molecule has 0 N–H and O–H groups in total. The second kappa shape index (κ2) is 8.69. The molecule has 1 atom stereocenters. The van der Waals surface area contributed by atoms with Crippen molar-refractivity contribution in [2.45, 2.75) is 26.2 Å². The second-order valence-corrected chi connectivity index (χ2v) is 8.26. The summed E-state index contributed by atoms with van der Waals surface area (Å²) in [6, 6.07) is 23.6. The molecule has 4 rings (SSSR count). The van der Waals surface area contributed by atoms with Crippen LogP contribution in [0.15, 0.2) is 72.8 Å². The van der Waals surface area contributed by atoms with Crippen molar-refractivity contribution in [2.75, 3.05) is 0 Å². The molecule has 30 heavy (non-hydrogen) atoms. The Kier molecular flexibility index (Phi) is 5.84. The van der Waals surface area contributed by atoms with Gasteiger partial charge in [0.05, 0.1) is 11.6 Å². The van der Waals surface area contributed by atoms with Gasteiger partial charge in [-0.05, 0) is 77.8 Å². The molecule has 0 aliphatic heterocycles. The molecule has 3 aromatic rings. The third-order valence-corrected chi connectivity index (χ3v) is 5.99. The van der Waals surface area contributed by atoms with Gasteiger partial charge in [0.15, 0.2) is 5.78 Å². The number of fused-ring (bicyclic) bond motifs is 1. The number of halogens is 1. The molecule has 0 radical (unpaired) electrons. The predicted octanol–water partition coefficient (Wildman–Crippen LogP) is 7.12. The Bertz CT molecular complexity index is 1150. The average molecular weight is 412 g/mol. The van der Waals surface area contributed by atoms with Gasteiger partial charge in [0.1, 0.15) is 0 Å². The van der Waals surface area contributed by atoms with Gasteiger partial charge in [-0.15, -0.1) is 0 Å². The van der Waals surface area contributed by atoms with Gasteiger partial charge in [-0.3, -0.25) is 4.79 Å². The maximum absolute atomic E-state index is 13.1. The standard InChI is InChI=1S/C27H22ClNO/c1-18-15-21(6-5-19-9-13-23(28)14-10-19)16-26(30)25-4-2-3-24(27(18)25)22-11-7-20(17-29)8-12-22/h2-4,7-15,21H,5-6,16H2,1H3. The van der Waals surface area contributed by atoms with Gasteiger partial charge in [-0.25, -0.2) is 0 Å². The quantitative estimate of drug-likeness (QED) is 0.458. The van der Waals surface area contributed by atoms with E-state index in [0.29, 0.717) is 12.0 Å². The number of ketones is 1. The zero-order valence-electron chi connectivity index (χ0n) is 16.9. The number of carbonyl (C=O) groups is 1. The maximum Gasteiger partial charge on any atom is 0.164 e. The van der Waals surface area contributed by atoms with Crippen molar-refractivity contribution in [3.8, 4) is 17.2 Å². The van der Waals surface area contributed by atoms with Crippen LogP contribution < -0.4 is 0 Å².